The second kappa shape index (κ2) is 41.4. The van der Waals surface area contributed by atoms with Gasteiger partial charge in [-0.25, -0.2) is 4.98 Å². The highest BCUT2D eigenvalue weighted by Crippen LogP contribution is 2.34. The molecule has 0 radical (unpaired) electrons. The Balaban J connectivity index is 0.00000721. The molecule has 2 fully saturated rings. The monoisotopic (exact) mass is 1330 g/mol. The van der Waals surface area contributed by atoms with Crippen LogP contribution >= 0.6 is 23.1 Å². The van der Waals surface area contributed by atoms with Gasteiger partial charge >= 0.3 is 12.1 Å². The molecule has 1 unspecified atom stereocenters. The third-order valence-electron chi connectivity index (χ3n) is 16.9. The highest BCUT2D eigenvalue weighted by Gasteiger charge is 2.42. The van der Waals surface area contributed by atoms with E-state index in [1.807, 2.05) is 48.5 Å². The number of hydrogen-bond donors (Lipinski definition) is 4. The van der Waals surface area contributed by atoms with E-state index in [1.54, 1.807) is 49.6 Å². The number of ether oxygens (including phenoxy) is 4. The molecule has 2 aromatic rings. The van der Waals surface area contributed by atoms with E-state index < -0.39 is 59.3 Å². The number of nitrogens with one attached hydrogen (secondary N) is 3. The fourth-order valence-corrected chi connectivity index (χ4v) is 12.5. The Kier molecular flexibility index (Phi) is 36.0. The number of aromatic nitrogens is 1. The molecule has 2 saturated heterocycles. The summed E-state index contributed by atoms with van der Waals surface area (Å²) in [5.74, 6) is -4.36. The SMILES string of the molecule is CCC[C@H](Cc1ccc(O)c(NC(=O)[C@H](C)CC(=O)[C@H](C)NC(=O)CCOCCOCCOCCCC(=O)CCCN2C(=O)CC(SC)C2=O)c1)NC(=O)c1csc([C@@H](C[C@H](C(C)C)N(C)C(=O)[C@@H](CC(=O)C(C)(C)N2CCCC2)[C@@H](C)CC)OC(C)=O)n1.O=C=O. The average Bonchev–Trinajstić information content (AvgIpc) is 1.32. The van der Waals surface area contributed by atoms with Crippen LogP contribution in [0.3, 0.4) is 0 Å². The number of thioether (sulfide) groups is 1. The highest BCUT2D eigenvalue weighted by molar-refractivity contribution is 8.00. The largest absolute Gasteiger partial charge is 0.506 e. The summed E-state index contributed by atoms with van der Waals surface area (Å²) in [5.41, 5.74) is 0.265. The zero-order valence-corrected chi connectivity index (χ0v) is 57.7. The molecule has 92 heavy (non-hydrogen) atoms. The maximum atomic E-state index is 14.5. The molecule has 2 aliphatic rings. The molecule has 8 atom stereocenters. The van der Waals surface area contributed by atoms with E-state index in [0.29, 0.717) is 75.3 Å². The lowest BCUT2D eigenvalue weighted by Gasteiger charge is -2.38. The molecular formula is C66H101N7O17S2. The summed E-state index contributed by atoms with van der Waals surface area (Å²) in [7, 11) is 1.75. The van der Waals surface area contributed by atoms with Crippen molar-refractivity contribution in [2.24, 2.45) is 23.7 Å². The van der Waals surface area contributed by atoms with Gasteiger partial charge in [0.15, 0.2) is 17.7 Å². The van der Waals surface area contributed by atoms with Gasteiger partial charge in [0.25, 0.3) is 5.91 Å². The van der Waals surface area contributed by atoms with Crippen molar-refractivity contribution < 1.29 is 81.6 Å². The Hall–Kier alpha value is -6.28. The van der Waals surface area contributed by atoms with Crippen LogP contribution < -0.4 is 16.0 Å². The van der Waals surface area contributed by atoms with Crippen molar-refractivity contribution in [1.82, 2.24) is 30.3 Å². The third-order valence-corrected chi connectivity index (χ3v) is 18.8. The number of anilines is 1. The van der Waals surface area contributed by atoms with Crippen LogP contribution in [0.25, 0.3) is 0 Å². The molecule has 0 bridgehead atoms. The van der Waals surface area contributed by atoms with Crippen molar-refractivity contribution in [3.05, 3.63) is 39.8 Å². The summed E-state index contributed by atoms with van der Waals surface area (Å²) in [6.45, 7) is 21.9. The molecule has 26 heteroatoms. The smallest absolute Gasteiger partial charge is 0.373 e. The topological polar surface area (TPSA) is 321 Å². The summed E-state index contributed by atoms with van der Waals surface area (Å²) in [6, 6.07) is 3.08. The number of carbonyl (C=O) groups excluding carboxylic acids is 12. The van der Waals surface area contributed by atoms with Gasteiger partial charge in [-0.2, -0.15) is 21.4 Å². The van der Waals surface area contributed by atoms with Crippen molar-refractivity contribution >= 4 is 93.7 Å². The number of likely N-dealkylation sites (tertiary alicyclic amines) is 2. The minimum absolute atomic E-state index is 0.00289. The van der Waals surface area contributed by atoms with E-state index in [9.17, 15) is 53.1 Å². The van der Waals surface area contributed by atoms with Crippen LogP contribution in [0.15, 0.2) is 23.6 Å². The molecular weight excluding hydrogens is 1230 g/mol. The van der Waals surface area contributed by atoms with Crippen LogP contribution in [-0.4, -0.2) is 191 Å². The number of aromatic hydroxyl groups is 1. The molecule has 2 aliphatic heterocycles. The van der Waals surface area contributed by atoms with E-state index in [0.717, 1.165) is 32.4 Å². The molecule has 1 aromatic carbocycles. The minimum Gasteiger partial charge on any atom is -0.506 e. The second-order valence-corrected chi connectivity index (χ2v) is 26.6. The Morgan fingerprint density at radius 1 is 0.880 bits per heavy atom. The van der Waals surface area contributed by atoms with E-state index in [4.69, 9.17) is 28.5 Å². The molecule has 0 saturated carbocycles. The number of phenolic OH excluding ortho intramolecular Hbond substituents is 1. The summed E-state index contributed by atoms with van der Waals surface area (Å²) >= 11 is 2.54. The molecule has 4 N–H and O–H groups in total. The molecule has 3 heterocycles. The molecule has 4 rings (SSSR count). The third kappa shape index (κ3) is 26.6. The van der Waals surface area contributed by atoms with Crippen molar-refractivity contribution in [3.63, 3.8) is 0 Å². The van der Waals surface area contributed by atoms with Crippen molar-refractivity contribution in [3.8, 4) is 5.75 Å². The number of benzene rings is 1. The average molecular weight is 1330 g/mol. The van der Waals surface area contributed by atoms with Crippen molar-refractivity contribution in [1.29, 1.82) is 0 Å². The number of esters is 1. The Morgan fingerprint density at radius 3 is 2.11 bits per heavy atom. The molecule has 514 valence electrons. The minimum atomic E-state index is -0.879. The van der Waals surface area contributed by atoms with Gasteiger partial charge in [-0.3, -0.25) is 57.7 Å². The Labute approximate surface area is 550 Å². The van der Waals surface area contributed by atoms with Crippen molar-refractivity contribution in [2.45, 2.75) is 201 Å². The summed E-state index contributed by atoms with van der Waals surface area (Å²) in [5, 5.41) is 20.9. The van der Waals surface area contributed by atoms with Crippen LogP contribution in [0, 0.1) is 23.7 Å². The summed E-state index contributed by atoms with van der Waals surface area (Å²) < 4.78 is 22.4. The predicted octanol–water partition coefficient (Wildman–Crippen LogP) is 7.48. The van der Waals surface area contributed by atoms with Crippen molar-refractivity contribution in [2.75, 3.05) is 77.9 Å². The number of phenols is 1. The molecule has 24 nitrogen and oxygen atoms in total. The zero-order valence-electron chi connectivity index (χ0n) is 56.1. The van der Waals surface area contributed by atoms with Crippen LogP contribution in [0.5, 0.6) is 5.75 Å². The lowest BCUT2D eigenvalue weighted by molar-refractivity contribution is -0.192. The maximum absolute atomic E-state index is 14.5. The normalized spacial score (nSPS) is 16.5. The highest BCUT2D eigenvalue weighted by atomic mass is 32.2. The van der Waals surface area contributed by atoms with Gasteiger partial charge in [-0.1, -0.05) is 60.5 Å². The number of carbonyl (C=O) groups is 10. The van der Waals surface area contributed by atoms with Gasteiger partial charge in [0.1, 0.15) is 22.2 Å². The van der Waals surface area contributed by atoms with Crippen LogP contribution in [0.4, 0.5) is 5.69 Å². The Bertz CT molecular complexity index is 2780. The first-order valence-electron chi connectivity index (χ1n) is 32.2. The van der Waals surface area contributed by atoms with Crippen LogP contribution in [0.1, 0.15) is 186 Å². The quantitative estimate of drug-likeness (QED) is 0.0216. The molecule has 0 aliphatic carbocycles. The van der Waals surface area contributed by atoms with E-state index in [2.05, 4.69) is 25.8 Å². The lowest BCUT2D eigenvalue weighted by Crippen LogP contribution is -2.51. The lowest BCUT2D eigenvalue weighted by atomic mass is 9.81. The van der Waals surface area contributed by atoms with Gasteiger partial charge in [-0.15, -0.1) is 11.3 Å². The number of thiazole rings is 1. The first-order valence-corrected chi connectivity index (χ1v) is 34.3. The van der Waals surface area contributed by atoms with E-state index in [-0.39, 0.29) is 140 Å². The standard InChI is InChI=1S/C65H101N7O15S2.CO2/c1-13-19-47(67-61(81)51-40-89-62(69-51)55(87-45(8)73)38-52(41(3)4)70(11)63(82)49(42(5)14-2)37-57(77)65(9,10)71-25-15-16-26-71)35-46-22-23-53(75)50(36-46)68-60(80)43(6)34-54(76)44(7)66-58(78)24-29-85-31-33-86-32-30-84-28-18-21-48(74)20-17-27-72-59(79)39-56(88-12)64(72)83;2-1-3/h22-23,36,40-44,47,49,52,55-56,75H,13-21,24-35,37-39H2,1-12H3,(H,66,78)(H,67,81)(H,68,80);/t42-,43+,44-,47+,49-,52+,55+,56?;/m0./s1. The summed E-state index contributed by atoms with van der Waals surface area (Å²) in [4.78, 5) is 157. The first kappa shape index (κ1) is 80.0. The van der Waals surface area contributed by atoms with Gasteiger partial charge in [0.2, 0.25) is 29.5 Å². The molecule has 0 spiro atoms. The number of amides is 6. The number of nitrogens with zero attached hydrogens (tertiary/aromatic N) is 4. The number of hydrogen-bond acceptors (Lipinski definition) is 21. The van der Waals surface area contributed by atoms with E-state index in [1.165, 1.54) is 41.0 Å². The number of imide groups is 1. The fraction of sp³-hybridized carbons (Fsp3) is 0.697. The molecule has 6 amide bonds. The van der Waals surface area contributed by atoms with Crippen LogP contribution in [-0.2, 0) is 78.1 Å². The first-order chi connectivity index (χ1) is 43.6. The number of Topliss-reactive ketones (excluding diaryl/α,β-unsaturated/α-hetero) is 3. The van der Waals surface area contributed by atoms with Crippen LogP contribution in [0.2, 0.25) is 0 Å². The molecule has 1 aromatic heterocycles. The zero-order chi connectivity index (χ0) is 68.7. The van der Waals surface area contributed by atoms with E-state index >= 15 is 0 Å². The van der Waals surface area contributed by atoms with Gasteiger partial charge in [-0.05, 0) is 108 Å². The van der Waals surface area contributed by atoms with Gasteiger partial charge in [0.05, 0.1) is 55.6 Å². The Morgan fingerprint density at radius 2 is 1.51 bits per heavy atom. The maximum Gasteiger partial charge on any atom is 0.373 e. The fourth-order valence-electron chi connectivity index (χ4n) is 11.0. The van der Waals surface area contributed by atoms with Gasteiger partial charge < -0.3 is 44.9 Å². The second-order valence-electron chi connectivity index (χ2n) is 24.6. The number of rotatable bonds is 43. The number of ketones is 3. The van der Waals surface area contributed by atoms with Gasteiger partial charge in [0, 0.05) is 101 Å². The predicted molar refractivity (Wildman–Crippen MR) is 347 cm³/mol. The summed E-state index contributed by atoms with van der Waals surface area (Å²) in [6.07, 6.45) is 7.62.